The van der Waals surface area contributed by atoms with Crippen LogP contribution in [0.15, 0.2) is 54.6 Å². The second-order valence-corrected chi connectivity index (χ2v) is 7.99. The third kappa shape index (κ3) is 3.31. The molecule has 0 saturated carbocycles. The Bertz CT molecular complexity index is 872. The predicted molar refractivity (Wildman–Crippen MR) is 108 cm³/mol. The van der Waals surface area contributed by atoms with E-state index >= 15 is 0 Å². The Hall–Kier alpha value is -2.66. The van der Waals surface area contributed by atoms with Crippen molar-refractivity contribution in [3.8, 4) is 11.1 Å². The highest BCUT2D eigenvalue weighted by molar-refractivity contribution is 5.88. The molecule has 5 nitrogen and oxygen atoms in total. The van der Waals surface area contributed by atoms with E-state index in [4.69, 9.17) is 0 Å². The lowest BCUT2D eigenvalue weighted by atomic mass is 9.77. The van der Waals surface area contributed by atoms with E-state index < -0.39 is 17.4 Å². The van der Waals surface area contributed by atoms with Gasteiger partial charge in [0.05, 0.1) is 11.5 Å². The van der Waals surface area contributed by atoms with Crippen molar-refractivity contribution < 1.29 is 14.7 Å². The summed E-state index contributed by atoms with van der Waals surface area (Å²) in [6.45, 7) is 2.44. The maximum absolute atomic E-state index is 12.2. The molecule has 2 aliphatic rings. The molecule has 28 heavy (non-hydrogen) atoms. The van der Waals surface area contributed by atoms with Gasteiger partial charge in [0.15, 0.2) is 0 Å². The predicted octanol–water partition coefficient (Wildman–Crippen LogP) is 3.25. The molecular weight excluding hydrogens is 352 g/mol. The van der Waals surface area contributed by atoms with Crippen LogP contribution in [0.2, 0.25) is 0 Å². The van der Waals surface area contributed by atoms with Gasteiger partial charge >= 0.3 is 5.97 Å². The zero-order valence-corrected chi connectivity index (χ0v) is 16.2. The maximum Gasteiger partial charge on any atom is 0.309 e. The smallest absolute Gasteiger partial charge is 0.309 e. The van der Waals surface area contributed by atoms with Crippen LogP contribution in [0.25, 0.3) is 11.1 Å². The number of piperidine rings is 1. The van der Waals surface area contributed by atoms with Gasteiger partial charge in [0.25, 0.3) is 0 Å². The van der Waals surface area contributed by atoms with Gasteiger partial charge in [-0.2, -0.15) is 0 Å². The number of rotatable bonds is 4. The Kier molecular flexibility index (Phi) is 4.94. The van der Waals surface area contributed by atoms with Gasteiger partial charge in [-0.05, 0) is 35.6 Å². The molecule has 0 bridgehead atoms. The van der Waals surface area contributed by atoms with Crippen LogP contribution in [0.5, 0.6) is 0 Å². The number of hydrogen-bond donors (Lipinski definition) is 1. The van der Waals surface area contributed by atoms with E-state index in [9.17, 15) is 14.7 Å². The first-order chi connectivity index (χ1) is 13.5. The van der Waals surface area contributed by atoms with Gasteiger partial charge in [-0.25, -0.2) is 0 Å². The summed E-state index contributed by atoms with van der Waals surface area (Å²) in [6.07, 6.45) is 1.56. The molecule has 1 atom stereocenters. The molecule has 0 aliphatic carbocycles. The van der Waals surface area contributed by atoms with Gasteiger partial charge in [0.2, 0.25) is 5.91 Å². The third-order valence-corrected chi connectivity index (χ3v) is 6.53. The fourth-order valence-corrected chi connectivity index (χ4v) is 4.82. The Morgan fingerprint density at radius 1 is 1.07 bits per heavy atom. The van der Waals surface area contributed by atoms with Crippen LogP contribution in [0, 0.1) is 5.92 Å². The molecule has 2 aromatic rings. The third-order valence-electron chi connectivity index (χ3n) is 6.53. The number of likely N-dealkylation sites (tertiary alicyclic amines) is 2. The van der Waals surface area contributed by atoms with Crippen LogP contribution in [-0.2, 0) is 16.1 Å². The van der Waals surface area contributed by atoms with Crippen LogP contribution in [-0.4, -0.2) is 52.5 Å². The van der Waals surface area contributed by atoms with Crippen molar-refractivity contribution in [2.75, 3.05) is 20.1 Å². The zero-order chi connectivity index (χ0) is 19.7. The number of aliphatic carboxylic acids is 1. The summed E-state index contributed by atoms with van der Waals surface area (Å²) < 4.78 is 0. The van der Waals surface area contributed by atoms with Crippen molar-refractivity contribution in [3.05, 3.63) is 60.2 Å². The number of amides is 1. The average Bonchev–Trinajstić information content (AvgIpc) is 2.96. The number of carboxylic acids is 1. The molecule has 2 fully saturated rings. The summed E-state index contributed by atoms with van der Waals surface area (Å²) in [5.74, 6) is -1.48. The second kappa shape index (κ2) is 7.40. The number of carboxylic acid groups (broad SMARTS) is 1. The standard InChI is InChI=1S/C23H26N2O3/c1-24-21(26)15-20(22(27)28)23(24)10-12-25(13-11-23)16-17-6-5-9-19(14-17)18-7-3-2-4-8-18/h2-9,14,20H,10-13,15-16H2,1H3,(H,27,28)/t20-/m0/s1. The average molecular weight is 378 g/mol. The molecule has 0 unspecified atom stereocenters. The number of carbonyl (C=O) groups excluding carboxylic acids is 1. The lowest BCUT2D eigenvalue weighted by Gasteiger charge is -2.45. The SMILES string of the molecule is CN1C(=O)C[C@@H](C(=O)O)C12CCN(Cc1cccc(-c3ccccc3)c1)CC2. The van der Waals surface area contributed by atoms with Crippen molar-refractivity contribution in [2.45, 2.75) is 31.3 Å². The fourth-order valence-electron chi connectivity index (χ4n) is 4.82. The highest BCUT2D eigenvalue weighted by Crippen LogP contribution is 2.43. The molecular formula is C23H26N2O3. The first-order valence-electron chi connectivity index (χ1n) is 9.86. The van der Waals surface area contributed by atoms with Crippen molar-refractivity contribution in [1.82, 2.24) is 9.80 Å². The summed E-state index contributed by atoms with van der Waals surface area (Å²) in [4.78, 5) is 27.9. The summed E-state index contributed by atoms with van der Waals surface area (Å²) in [5.41, 5.74) is 3.14. The van der Waals surface area contributed by atoms with Gasteiger partial charge < -0.3 is 10.0 Å². The number of benzene rings is 2. The Morgan fingerprint density at radius 2 is 1.75 bits per heavy atom. The molecule has 2 saturated heterocycles. The van der Waals surface area contributed by atoms with Gasteiger partial charge in [0.1, 0.15) is 0 Å². The molecule has 2 aromatic carbocycles. The van der Waals surface area contributed by atoms with Crippen LogP contribution < -0.4 is 0 Å². The molecule has 5 heteroatoms. The highest BCUT2D eigenvalue weighted by atomic mass is 16.4. The molecule has 1 spiro atoms. The van der Waals surface area contributed by atoms with Gasteiger partial charge in [0, 0.05) is 33.1 Å². The molecule has 1 amide bonds. The van der Waals surface area contributed by atoms with Crippen LogP contribution >= 0.6 is 0 Å². The van der Waals surface area contributed by atoms with Crippen molar-refractivity contribution in [2.24, 2.45) is 5.92 Å². The molecule has 2 aliphatic heterocycles. The second-order valence-electron chi connectivity index (χ2n) is 7.99. The van der Waals surface area contributed by atoms with E-state index in [1.54, 1.807) is 11.9 Å². The zero-order valence-electron chi connectivity index (χ0n) is 16.2. The Labute approximate surface area is 165 Å². The highest BCUT2D eigenvalue weighted by Gasteiger charge is 2.55. The van der Waals surface area contributed by atoms with E-state index in [1.165, 1.54) is 16.7 Å². The Morgan fingerprint density at radius 3 is 2.43 bits per heavy atom. The number of nitrogens with zero attached hydrogens (tertiary/aromatic N) is 2. The van der Waals surface area contributed by atoms with E-state index in [0.29, 0.717) is 12.8 Å². The van der Waals surface area contributed by atoms with Gasteiger partial charge in [-0.15, -0.1) is 0 Å². The minimum atomic E-state index is -0.846. The monoisotopic (exact) mass is 378 g/mol. The normalized spacial score (nSPS) is 22.0. The maximum atomic E-state index is 12.2. The molecule has 4 rings (SSSR count). The Balaban J connectivity index is 1.45. The van der Waals surface area contributed by atoms with E-state index in [2.05, 4.69) is 41.3 Å². The summed E-state index contributed by atoms with van der Waals surface area (Å²) >= 11 is 0. The fraction of sp³-hybridized carbons (Fsp3) is 0.391. The first-order valence-corrected chi connectivity index (χ1v) is 9.86. The van der Waals surface area contributed by atoms with Gasteiger partial charge in [-0.1, -0.05) is 48.5 Å². The van der Waals surface area contributed by atoms with E-state index in [-0.39, 0.29) is 12.3 Å². The molecule has 0 radical (unpaired) electrons. The molecule has 146 valence electrons. The topological polar surface area (TPSA) is 60.9 Å². The lowest BCUT2D eigenvalue weighted by Crippen LogP contribution is -2.55. The van der Waals surface area contributed by atoms with Crippen LogP contribution in [0.4, 0.5) is 0 Å². The number of hydrogen-bond acceptors (Lipinski definition) is 3. The molecule has 1 N–H and O–H groups in total. The van der Waals surface area contributed by atoms with Crippen LogP contribution in [0.1, 0.15) is 24.8 Å². The summed E-state index contributed by atoms with van der Waals surface area (Å²) in [6, 6.07) is 18.9. The van der Waals surface area contributed by atoms with E-state index in [1.807, 2.05) is 18.2 Å². The largest absolute Gasteiger partial charge is 0.481 e. The number of carbonyl (C=O) groups is 2. The quantitative estimate of drug-likeness (QED) is 0.887. The minimum absolute atomic E-state index is 0.0450. The molecule has 2 heterocycles. The van der Waals surface area contributed by atoms with Crippen molar-refractivity contribution in [1.29, 1.82) is 0 Å². The first kappa shape index (κ1) is 18.7. The van der Waals surface area contributed by atoms with Gasteiger partial charge in [-0.3, -0.25) is 14.5 Å². The lowest BCUT2D eigenvalue weighted by molar-refractivity contribution is -0.146. The van der Waals surface area contributed by atoms with Crippen molar-refractivity contribution in [3.63, 3.8) is 0 Å². The molecule has 0 aromatic heterocycles. The van der Waals surface area contributed by atoms with Crippen LogP contribution in [0.3, 0.4) is 0 Å². The summed E-state index contributed by atoms with van der Waals surface area (Å²) in [7, 11) is 1.77. The van der Waals surface area contributed by atoms with Crippen molar-refractivity contribution >= 4 is 11.9 Å². The minimum Gasteiger partial charge on any atom is -0.481 e. The summed E-state index contributed by atoms with van der Waals surface area (Å²) in [5, 5.41) is 9.61. The van der Waals surface area contributed by atoms with E-state index in [0.717, 1.165) is 19.6 Å².